The Labute approximate surface area is 210 Å². The van der Waals surface area contributed by atoms with Crippen molar-refractivity contribution in [2.24, 2.45) is 0 Å². The van der Waals surface area contributed by atoms with E-state index in [-0.39, 0.29) is 11.7 Å². The molecule has 0 fully saturated rings. The number of amides is 1. The third-order valence-electron chi connectivity index (χ3n) is 6.54. The number of aromatic nitrogens is 3. The standard InChI is InChI=1S/C27H22N6O2S/c1-14-5-7-19-18(22(14)33-27(35)20-12-36-24-23(20)30-13-31-25(24)28)9-10-29-26(19)32-16-6-8-17-15(11-16)3-2-4-21(17)34/h5-13H,2-4H2,1H3,(H,29,32)(H,33,35)(H2,28,30,31). The van der Waals surface area contributed by atoms with Crippen LogP contribution >= 0.6 is 11.3 Å². The van der Waals surface area contributed by atoms with Crippen LogP contribution in [0, 0.1) is 6.92 Å². The number of carbonyl (C=O) groups excluding carboxylic acids is 2. The number of nitrogens with two attached hydrogens (primary N) is 1. The van der Waals surface area contributed by atoms with Crippen LogP contribution in [0.3, 0.4) is 0 Å². The van der Waals surface area contributed by atoms with Crippen molar-refractivity contribution in [3.8, 4) is 0 Å². The van der Waals surface area contributed by atoms with Crippen LogP contribution in [0.15, 0.2) is 54.3 Å². The topological polar surface area (TPSA) is 123 Å². The summed E-state index contributed by atoms with van der Waals surface area (Å²) >= 11 is 1.35. The van der Waals surface area contributed by atoms with Crippen LogP contribution in [0.25, 0.3) is 21.0 Å². The number of nitrogens with zero attached hydrogens (tertiary/aromatic N) is 3. The number of benzene rings is 2. The second kappa shape index (κ2) is 8.69. The molecule has 0 saturated carbocycles. The number of anilines is 4. The van der Waals surface area contributed by atoms with E-state index in [2.05, 4.69) is 25.6 Å². The van der Waals surface area contributed by atoms with E-state index >= 15 is 0 Å². The molecule has 3 heterocycles. The highest BCUT2D eigenvalue weighted by molar-refractivity contribution is 7.18. The normalized spacial score (nSPS) is 13.1. The molecule has 9 heteroatoms. The van der Waals surface area contributed by atoms with E-state index in [0.29, 0.717) is 39.5 Å². The maximum atomic E-state index is 13.3. The van der Waals surface area contributed by atoms with Gasteiger partial charge in [0, 0.05) is 40.0 Å². The largest absolute Gasteiger partial charge is 0.382 e. The van der Waals surface area contributed by atoms with Crippen LogP contribution in [0.4, 0.5) is 23.0 Å². The van der Waals surface area contributed by atoms with Crippen molar-refractivity contribution in [1.82, 2.24) is 15.0 Å². The number of thiophene rings is 1. The Bertz CT molecular complexity index is 1690. The van der Waals surface area contributed by atoms with Crippen molar-refractivity contribution in [2.75, 3.05) is 16.4 Å². The van der Waals surface area contributed by atoms with Crippen molar-refractivity contribution in [2.45, 2.75) is 26.2 Å². The lowest BCUT2D eigenvalue weighted by atomic mass is 9.90. The summed E-state index contributed by atoms with van der Waals surface area (Å²) in [5.74, 6) is 0.973. The Morgan fingerprint density at radius 3 is 2.83 bits per heavy atom. The molecule has 1 aliphatic carbocycles. The zero-order chi connectivity index (χ0) is 24.8. The molecule has 0 spiro atoms. The molecule has 0 aliphatic heterocycles. The van der Waals surface area contributed by atoms with E-state index in [4.69, 9.17) is 5.73 Å². The predicted molar refractivity (Wildman–Crippen MR) is 143 cm³/mol. The lowest BCUT2D eigenvalue weighted by Gasteiger charge is -2.17. The summed E-state index contributed by atoms with van der Waals surface area (Å²) in [5.41, 5.74) is 11.3. The number of hydrogen-bond acceptors (Lipinski definition) is 8. The molecule has 0 bridgehead atoms. The molecule has 3 aromatic heterocycles. The quantitative estimate of drug-likeness (QED) is 0.295. The molecule has 36 heavy (non-hydrogen) atoms. The number of nitrogens with one attached hydrogen (secondary N) is 2. The first kappa shape index (κ1) is 22.1. The average Bonchev–Trinajstić information content (AvgIpc) is 3.32. The average molecular weight is 495 g/mol. The molecule has 0 radical (unpaired) electrons. The van der Waals surface area contributed by atoms with Crippen molar-refractivity contribution < 1.29 is 9.59 Å². The second-order valence-corrected chi connectivity index (χ2v) is 9.71. The number of pyridine rings is 1. The first-order chi connectivity index (χ1) is 17.5. The van der Waals surface area contributed by atoms with E-state index in [1.54, 1.807) is 11.6 Å². The third-order valence-corrected chi connectivity index (χ3v) is 7.53. The van der Waals surface area contributed by atoms with Crippen LogP contribution in [-0.4, -0.2) is 26.6 Å². The molecule has 4 N–H and O–H groups in total. The molecule has 8 nitrogen and oxygen atoms in total. The number of rotatable bonds is 4. The van der Waals surface area contributed by atoms with Gasteiger partial charge in [0.15, 0.2) is 5.78 Å². The van der Waals surface area contributed by atoms with Gasteiger partial charge in [-0.2, -0.15) is 0 Å². The summed E-state index contributed by atoms with van der Waals surface area (Å²) < 4.78 is 0.694. The van der Waals surface area contributed by atoms with Gasteiger partial charge in [-0.3, -0.25) is 9.59 Å². The number of nitrogen functional groups attached to an aromatic ring is 1. The third kappa shape index (κ3) is 3.74. The van der Waals surface area contributed by atoms with Crippen LogP contribution in [0.1, 0.15) is 44.7 Å². The summed E-state index contributed by atoms with van der Waals surface area (Å²) in [4.78, 5) is 38.3. The first-order valence-electron chi connectivity index (χ1n) is 11.6. The fraction of sp³-hybridized carbons (Fsp3) is 0.148. The summed E-state index contributed by atoms with van der Waals surface area (Å²) in [6.45, 7) is 1.95. The molecule has 2 aromatic carbocycles. The van der Waals surface area contributed by atoms with Crippen molar-refractivity contribution in [3.63, 3.8) is 0 Å². The SMILES string of the molecule is Cc1ccc2c(Nc3ccc4c(c3)CCCC4=O)nccc2c1NC(=O)c1csc2c(N)ncnc12. The molecule has 0 atom stereocenters. The summed E-state index contributed by atoms with van der Waals surface area (Å²) in [7, 11) is 0. The van der Waals surface area contributed by atoms with Gasteiger partial charge in [-0.1, -0.05) is 12.1 Å². The number of ketones is 1. The van der Waals surface area contributed by atoms with E-state index in [9.17, 15) is 9.59 Å². The van der Waals surface area contributed by atoms with Gasteiger partial charge in [-0.15, -0.1) is 11.3 Å². The second-order valence-electron chi connectivity index (χ2n) is 8.83. The smallest absolute Gasteiger partial charge is 0.258 e. The Balaban J connectivity index is 1.35. The van der Waals surface area contributed by atoms with Crippen molar-refractivity contribution in [3.05, 3.63) is 76.6 Å². The number of carbonyl (C=O) groups is 2. The Hall–Kier alpha value is -4.37. The molecule has 178 valence electrons. The van der Waals surface area contributed by atoms with Crippen molar-refractivity contribution >= 4 is 67.0 Å². The van der Waals surface area contributed by atoms with Gasteiger partial charge >= 0.3 is 0 Å². The summed E-state index contributed by atoms with van der Waals surface area (Å²) in [5, 5.41) is 9.97. The summed E-state index contributed by atoms with van der Waals surface area (Å²) in [6, 6.07) is 11.7. The maximum Gasteiger partial charge on any atom is 0.258 e. The molecule has 5 aromatic rings. The molecular weight excluding hydrogens is 472 g/mol. The van der Waals surface area contributed by atoms with Gasteiger partial charge in [0.25, 0.3) is 5.91 Å². The molecule has 0 unspecified atom stereocenters. The van der Waals surface area contributed by atoms with Gasteiger partial charge in [-0.05, 0) is 55.2 Å². The Morgan fingerprint density at radius 2 is 1.94 bits per heavy atom. The number of hydrogen-bond donors (Lipinski definition) is 3. The fourth-order valence-corrected chi connectivity index (χ4v) is 5.60. The number of fused-ring (bicyclic) bond motifs is 3. The van der Waals surface area contributed by atoms with E-state index in [1.807, 2.05) is 43.3 Å². The van der Waals surface area contributed by atoms with E-state index < -0.39 is 0 Å². The molecule has 1 amide bonds. The predicted octanol–water partition coefficient (Wildman–Crippen LogP) is 5.65. The zero-order valence-electron chi connectivity index (χ0n) is 19.5. The van der Waals surface area contributed by atoms with Gasteiger partial charge in [0.05, 0.1) is 21.5 Å². The van der Waals surface area contributed by atoms with Gasteiger partial charge in [-0.25, -0.2) is 15.0 Å². The van der Waals surface area contributed by atoms with E-state index in [0.717, 1.165) is 46.0 Å². The van der Waals surface area contributed by atoms with Gasteiger partial charge in [0.1, 0.15) is 18.0 Å². The van der Waals surface area contributed by atoms with Crippen LogP contribution < -0.4 is 16.4 Å². The molecule has 6 rings (SSSR count). The number of Topliss-reactive ketones (excluding diaryl/α,β-unsaturated/α-hetero) is 1. The van der Waals surface area contributed by atoms with Crippen LogP contribution in [0.2, 0.25) is 0 Å². The minimum atomic E-state index is -0.263. The Morgan fingerprint density at radius 1 is 1.06 bits per heavy atom. The first-order valence-corrected chi connectivity index (χ1v) is 12.5. The molecular formula is C27H22N6O2S. The minimum Gasteiger partial charge on any atom is -0.382 e. The number of aryl methyl sites for hydroxylation is 2. The lowest BCUT2D eigenvalue weighted by molar-refractivity contribution is 0.0971. The van der Waals surface area contributed by atoms with Crippen LogP contribution in [0.5, 0.6) is 0 Å². The molecule has 1 aliphatic rings. The molecule has 0 saturated heterocycles. The fourth-order valence-electron chi connectivity index (χ4n) is 4.70. The van der Waals surface area contributed by atoms with E-state index in [1.165, 1.54) is 17.7 Å². The maximum absolute atomic E-state index is 13.3. The van der Waals surface area contributed by atoms with Gasteiger partial charge in [0.2, 0.25) is 0 Å². The zero-order valence-corrected chi connectivity index (χ0v) is 20.3. The highest BCUT2D eigenvalue weighted by Crippen LogP contribution is 2.34. The highest BCUT2D eigenvalue weighted by atomic mass is 32.1. The minimum absolute atomic E-state index is 0.203. The Kier molecular flexibility index (Phi) is 5.34. The van der Waals surface area contributed by atoms with Crippen molar-refractivity contribution in [1.29, 1.82) is 0 Å². The summed E-state index contributed by atoms with van der Waals surface area (Å²) in [6.07, 6.45) is 5.46. The highest BCUT2D eigenvalue weighted by Gasteiger charge is 2.19. The van der Waals surface area contributed by atoms with Gasteiger partial charge < -0.3 is 16.4 Å². The lowest BCUT2D eigenvalue weighted by Crippen LogP contribution is -2.13. The monoisotopic (exact) mass is 494 g/mol. The van der Waals surface area contributed by atoms with Crippen LogP contribution in [-0.2, 0) is 6.42 Å².